The van der Waals surface area contributed by atoms with Crippen molar-refractivity contribution in [3.63, 3.8) is 0 Å². The second-order valence-electron chi connectivity index (χ2n) is 3.73. The van der Waals surface area contributed by atoms with Crippen LogP contribution in [0, 0.1) is 11.3 Å². The van der Waals surface area contributed by atoms with Crippen molar-refractivity contribution in [2.45, 2.75) is 17.1 Å². The summed E-state index contributed by atoms with van der Waals surface area (Å²) in [5.41, 5.74) is 1.15. The molecule has 0 radical (unpaired) electrons. The summed E-state index contributed by atoms with van der Waals surface area (Å²) in [6.45, 7) is 0. The molecule has 0 unspecified atom stereocenters. The maximum absolute atomic E-state index is 12.5. The highest BCUT2D eigenvalue weighted by Gasteiger charge is 2.38. The van der Waals surface area contributed by atoms with E-state index in [0.29, 0.717) is 15.8 Å². The van der Waals surface area contributed by atoms with E-state index in [4.69, 9.17) is 11.1 Å². The van der Waals surface area contributed by atoms with Crippen LogP contribution in [0.25, 0.3) is 0 Å². The maximum atomic E-state index is 12.5. The third-order valence-corrected chi connectivity index (χ3v) is 3.40. The van der Waals surface area contributed by atoms with Crippen molar-refractivity contribution in [1.82, 2.24) is 14.9 Å². The van der Waals surface area contributed by atoms with Crippen LogP contribution in [0.3, 0.4) is 0 Å². The first kappa shape index (κ1) is 14.2. The Bertz CT molecular complexity index is 659. The fourth-order valence-corrected chi connectivity index (χ4v) is 2.33. The molecule has 9 heteroatoms. The van der Waals surface area contributed by atoms with E-state index < -0.39 is 12.0 Å². The predicted octanol–water partition coefficient (Wildman–Crippen LogP) is 2.17. The smallest absolute Gasteiger partial charge is 0.335 e. The number of nitrogens with zero attached hydrogens (tertiary/aromatic N) is 4. The molecule has 0 atom stereocenters. The van der Waals surface area contributed by atoms with Gasteiger partial charge in [0.15, 0.2) is 0 Å². The zero-order valence-corrected chi connectivity index (χ0v) is 10.7. The Morgan fingerprint density at radius 1 is 1.30 bits per heavy atom. The van der Waals surface area contributed by atoms with Crippen LogP contribution in [0.2, 0.25) is 0 Å². The van der Waals surface area contributed by atoms with Crippen molar-refractivity contribution >= 4 is 11.8 Å². The van der Waals surface area contributed by atoms with E-state index in [-0.39, 0.29) is 10.9 Å². The molecule has 0 aliphatic rings. The van der Waals surface area contributed by atoms with Gasteiger partial charge >= 0.3 is 6.18 Å². The number of hydrogen-bond acceptors (Lipinski definition) is 5. The highest BCUT2D eigenvalue weighted by molar-refractivity contribution is 7.98. The molecule has 2 N–H and O–H groups in total. The van der Waals surface area contributed by atoms with Gasteiger partial charge in [-0.3, -0.25) is 0 Å². The maximum Gasteiger partial charge on any atom is 0.453 e. The molecular formula is C11H8F3N5S. The number of alkyl halides is 3. The minimum Gasteiger partial charge on any atom is -0.335 e. The summed E-state index contributed by atoms with van der Waals surface area (Å²) in [6.07, 6.45) is -4.65. The SMILES string of the molecule is N#Cc1ccccc1CSc1nnc(C(F)(F)F)n1N. The van der Waals surface area contributed by atoms with Crippen molar-refractivity contribution in [2.24, 2.45) is 0 Å². The number of nitriles is 1. The topological polar surface area (TPSA) is 80.5 Å². The Hall–Kier alpha value is -2.21. The van der Waals surface area contributed by atoms with Gasteiger partial charge in [0.05, 0.1) is 11.6 Å². The van der Waals surface area contributed by atoms with Crippen molar-refractivity contribution in [3.8, 4) is 6.07 Å². The highest BCUT2D eigenvalue weighted by atomic mass is 32.2. The first-order valence-electron chi connectivity index (χ1n) is 5.32. The number of nitrogen functional groups attached to an aromatic ring is 1. The molecule has 1 aromatic carbocycles. The van der Waals surface area contributed by atoms with Crippen molar-refractivity contribution in [3.05, 3.63) is 41.2 Å². The van der Waals surface area contributed by atoms with Gasteiger partial charge in [-0.1, -0.05) is 30.0 Å². The molecule has 0 aliphatic carbocycles. The average molecular weight is 299 g/mol. The van der Waals surface area contributed by atoms with Gasteiger partial charge in [0, 0.05) is 5.75 Å². The molecule has 0 saturated carbocycles. The van der Waals surface area contributed by atoms with Gasteiger partial charge in [-0.2, -0.15) is 18.4 Å². The van der Waals surface area contributed by atoms with E-state index in [1.807, 2.05) is 6.07 Å². The van der Waals surface area contributed by atoms with Crippen LogP contribution in [0.1, 0.15) is 17.0 Å². The Kier molecular flexibility index (Phi) is 3.85. The number of hydrogen-bond donors (Lipinski definition) is 1. The number of aromatic nitrogens is 3. The monoisotopic (exact) mass is 299 g/mol. The Morgan fingerprint density at radius 2 is 2.00 bits per heavy atom. The second-order valence-corrected chi connectivity index (χ2v) is 4.67. The molecule has 0 fully saturated rings. The summed E-state index contributed by atoms with van der Waals surface area (Å²) in [5, 5.41) is 15.3. The van der Waals surface area contributed by atoms with Gasteiger partial charge in [0.2, 0.25) is 5.16 Å². The van der Waals surface area contributed by atoms with Crippen LogP contribution >= 0.6 is 11.8 Å². The Morgan fingerprint density at radius 3 is 2.60 bits per heavy atom. The van der Waals surface area contributed by atoms with Crippen LogP contribution in [0.5, 0.6) is 0 Å². The number of halogens is 3. The summed E-state index contributed by atoms with van der Waals surface area (Å²) in [7, 11) is 0. The molecule has 0 amide bonds. The van der Waals surface area contributed by atoms with Crippen molar-refractivity contribution < 1.29 is 13.2 Å². The summed E-state index contributed by atoms with van der Waals surface area (Å²) in [6, 6.07) is 8.80. The number of thioether (sulfide) groups is 1. The molecule has 0 saturated heterocycles. The lowest BCUT2D eigenvalue weighted by Gasteiger charge is -2.06. The molecule has 2 rings (SSSR count). The molecule has 2 aromatic rings. The zero-order chi connectivity index (χ0) is 14.8. The predicted molar refractivity (Wildman–Crippen MR) is 65.9 cm³/mol. The van der Waals surface area contributed by atoms with Crippen LogP contribution in [0.4, 0.5) is 13.2 Å². The van der Waals surface area contributed by atoms with E-state index in [0.717, 1.165) is 11.8 Å². The Balaban J connectivity index is 2.17. The van der Waals surface area contributed by atoms with Crippen LogP contribution in [-0.4, -0.2) is 14.9 Å². The third-order valence-electron chi connectivity index (χ3n) is 2.41. The number of rotatable bonds is 3. The fraction of sp³-hybridized carbons (Fsp3) is 0.182. The summed E-state index contributed by atoms with van der Waals surface area (Å²) < 4.78 is 37.9. The molecule has 0 spiro atoms. The number of benzene rings is 1. The molecule has 0 bridgehead atoms. The summed E-state index contributed by atoms with van der Waals surface area (Å²) in [4.78, 5) is 0. The molecule has 0 aliphatic heterocycles. The van der Waals surface area contributed by atoms with Gasteiger partial charge in [-0.05, 0) is 11.6 Å². The summed E-state index contributed by atoms with van der Waals surface area (Å²) >= 11 is 0.980. The first-order chi connectivity index (χ1) is 9.43. The van der Waals surface area contributed by atoms with E-state index in [1.165, 1.54) is 0 Å². The van der Waals surface area contributed by atoms with Gasteiger partial charge in [0.25, 0.3) is 5.82 Å². The lowest BCUT2D eigenvalue weighted by atomic mass is 10.1. The van der Waals surface area contributed by atoms with E-state index in [9.17, 15) is 13.2 Å². The molecule has 20 heavy (non-hydrogen) atoms. The third kappa shape index (κ3) is 2.85. The molecule has 1 aromatic heterocycles. The van der Waals surface area contributed by atoms with Crippen molar-refractivity contribution in [2.75, 3.05) is 5.84 Å². The van der Waals surface area contributed by atoms with E-state index >= 15 is 0 Å². The van der Waals surface area contributed by atoms with Crippen molar-refractivity contribution in [1.29, 1.82) is 5.26 Å². The fourth-order valence-electron chi connectivity index (χ4n) is 1.47. The lowest BCUT2D eigenvalue weighted by Crippen LogP contribution is -2.21. The van der Waals surface area contributed by atoms with Gasteiger partial charge in [0.1, 0.15) is 0 Å². The summed E-state index contributed by atoms with van der Waals surface area (Å²) in [5.74, 6) is 4.33. The van der Waals surface area contributed by atoms with E-state index in [2.05, 4.69) is 10.2 Å². The molecule has 1 heterocycles. The van der Waals surface area contributed by atoms with Crippen LogP contribution in [0.15, 0.2) is 29.4 Å². The standard InChI is InChI=1S/C11H8F3N5S/c12-11(13,14)9-17-18-10(19(9)16)20-6-8-4-2-1-3-7(8)5-15/h1-4H,6,16H2. The highest BCUT2D eigenvalue weighted by Crippen LogP contribution is 2.30. The van der Waals surface area contributed by atoms with Crippen LogP contribution < -0.4 is 5.84 Å². The van der Waals surface area contributed by atoms with Gasteiger partial charge < -0.3 is 5.84 Å². The van der Waals surface area contributed by atoms with E-state index in [1.54, 1.807) is 24.3 Å². The van der Waals surface area contributed by atoms with Gasteiger partial charge in [-0.15, -0.1) is 10.2 Å². The average Bonchev–Trinajstić information content (AvgIpc) is 2.78. The normalized spacial score (nSPS) is 11.3. The zero-order valence-electron chi connectivity index (χ0n) is 9.92. The Labute approximate surface area is 116 Å². The molecule has 104 valence electrons. The molecule has 5 nitrogen and oxygen atoms in total. The minimum absolute atomic E-state index is 0.0648. The largest absolute Gasteiger partial charge is 0.453 e. The minimum atomic E-state index is -4.65. The van der Waals surface area contributed by atoms with Crippen LogP contribution in [-0.2, 0) is 11.9 Å². The molecular weight excluding hydrogens is 291 g/mol. The number of nitrogens with two attached hydrogens (primary N) is 1. The quantitative estimate of drug-likeness (QED) is 0.694. The lowest BCUT2D eigenvalue weighted by molar-refractivity contribution is -0.146. The van der Waals surface area contributed by atoms with Gasteiger partial charge in [-0.25, -0.2) is 4.68 Å². The first-order valence-corrected chi connectivity index (χ1v) is 6.30. The second kappa shape index (κ2) is 5.42.